The van der Waals surface area contributed by atoms with E-state index in [2.05, 4.69) is 111 Å². The van der Waals surface area contributed by atoms with Gasteiger partial charge in [0.05, 0.1) is 0 Å². The van der Waals surface area contributed by atoms with Crippen LogP contribution in [0.1, 0.15) is 269 Å². The van der Waals surface area contributed by atoms with Crippen molar-refractivity contribution in [1.82, 2.24) is 0 Å². The first-order chi connectivity index (χ1) is 32.8. The minimum atomic E-state index is 0.503. The lowest BCUT2D eigenvalue weighted by atomic mass is 9.51. The highest BCUT2D eigenvalue weighted by Gasteiger charge is 2.57. The molecule has 0 aliphatic heterocycles. The van der Waals surface area contributed by atoms with E-state index in [9.17, 15) is 0 Å². The van der Waals surface area contributed by atoms with Crippen LogP contribution in [-0.2, 0) is 19.3 Å². The normalized spacial score (nSPS) is 36.0. The average molecular weight is 928 g/mol. The van der Waals surface area contributed by atoms with E-state index < -0.39 is 0 Å². The van der Waals surface area contributed by atoms with Crippen molar-refractivity contribution in [2.45, 2.75) is 261 Å². The van der Waals surface area contributed by atoms with Gasteiger partial charge in [-0.2, -0.15) is 0 Å². The fourth-order valence-corrected chi connectivity index (χ4v) is 17.7. The lowest BCUT2D eigenvalue weighted by molar-refractivity contribution is 0.00272. The van der Waals surface area contributed by atoms with Crippen molar-refractivity contribution in [3.63, 3.8) is 0 Å². The molecule has 0 saturated heterocycles. The molecule has 0 radical (unpaired) electrons. The molecule has 382 valence electrons. The molecule has 0 heteroatoms. The molecule has 2 aromatic carbocycles. The SMILES string of the molecule is C=CC1CCC2C3C(CCCC(C)CCCC(C)CCCC(C)C)Cc4cc(C)ccc4C3CCC12C.CC.CC1CCCCCCC2Cc3cc(ccc3C3CCC4(C)C(C)CCC4C23)CC1. The molecular weight excluding hydrogens is 817 g/mol. The Balaban J connectivity index is 0.000000199. The summed E-state index contributed by atoms with van der Waals surface area (Å²) in [6.45, 7) is 30.7. The van der Waals surface area contributed by atoms with Crippen molar-refractivity contribution in [1.29, 1.82) is 0 Å². The lowest BCUT2D eigenvalue weighted by Gasteiger charge is -2.53. The van der Waals surface area contributed by atoms with Crippen molar-refractivity contribution in [3.8, 4) is 0 Å². The maximum atomic E-state index is 4.27. The van der Waals surface area contributed by atoms with Gasteiger partial charge >= 0.3 is 0 Å². The maximum Gasteiger partial charge on any atom is -0.0125 e. The second-order valence-corrected chi connectivity index (χ2v) is 26.8. The fraction of sp³-hybridized carbons (Fsp3) is 0.794. The number of allylic oxidation sites excluding steroid dienone is 1. The molecule has 4 fully saturated rings. The summed E-state index contributed by atoms with van der Waals surface area (Å²) in [5.41, 5.74) is 11.2. The molecule has 2 aromatic rings. The summed E-state index contributed by atoms with van der Waals surface area (Å²) in [4.78, 5) is 0. The molecule has 4 saturated carbocycles. The van der Waals surface area contributed by atoms with E-state index in [1.165, 1.54) is 179 Å². The molecule has 0 nitrogen and oxygen atoms in total. The van der Waals surface area contributed by atoms with Crippen molar-refractivity contribution in [2.75, 3.05) is 0 Å². The van der Waals surface area contributed by atoms with Crippen LogP contribution in [0.5, 0.6) is 0 Å². The minimum Gasteiger partial charge on any atom is -0.103 e. The predicted molar refractivity (Wildman–Crippen MR) is 299 cm³/mol. The molecule has 0 spiro atoms. The fourth-order valence-electron chi connectivity index (χ4n) is 17.7. The van der Waals surface area contributed by atoms with Gasteiger partial charge in [-0.05, 0) is 218 Å². The van der Waals surface area contributed by atoms with Gasteiger partial charge in [-0.15, -0.1) is 6.58 Å². The van der Waals surface area contributed by atoms with Gasteiger partial charge in [-0.1, -0.05) is 201 Å². The van der Waals surface area contributed by atoms with Gasteiger partial charge in [0, 0.05) is 0 Å². The van der Waals surface area contributed by atoms with Crippen LogP contribution in [0.25, 0.3) is 0 Å². The molecule has 0 N–H and O–H groups in total. The number of hydrogen-bond acceptors (Lipinski definition) is 0. The van der Waals surface area contributed by atoms with Gasteiger partial charge in [0.2, 0.25) is 0 Å². The summed E-state index contributed by atoms with van der Waals surface area (Å²) >= 11 is 0. The monoisotopic (exact) mass is 927 g/mol. The van der Waals surface area contributed by atoms with Crippen LogP contribution in [0.15, 0.2) is 49.1 Å². The summed E-state index contributed by atoms with van der Waals surface area (Å²) in [5, 5.41) is 0. The van der Waals surface area contributed by atoms with E-state index in [0.29, 0.717) is 10.8 Å². The molecule has 0 heterocycles. The van der Waals surface area contributed by atoms with Crippen molar-refractivity contribution >= 4 is 0 Å². The standard InChI is InChI=1S/C37H60.C29H44.C2H6/c1-8-32-19-21-35-36-30(17-11-16-28(5)15-10-14-27(4)13-9-12-26(2)3)25-31-24-29(6)18-20-33(31)34(36)22-23-37(32,35)7;1-20-8-6-4-5-7-9-23-19-24-18-22(12-10-20)13-14-25(24)26-16-17-29(3)21(2)11-15-27(29)28(23)26;1-2/h8,18,20,24,26-28,30,32,34-36H,1,9-17,19,21-23,25H2,2-7H3;13-14,18,20-21,23,26-28H,4-12,15-17,19H2,1-3H3;1-2H3. The van der Waals surface area contributed by atoms with Gasteiger partial charge in [-0.3, -0.25) is 0 Å². The third-order valence-corrected chi connectivity index (χ3v) is 21.9. The minimum absolute atomic E-state index is 0.503. The predicted octanol–water partition coefficient (Wildman–Crippen LogP) is 20.7. The van der Waals surface area contributed by atoms with E-state index in [0.717, 1.165) is 82.9 Å². The molecule has 15 unspecified atom stereocenters. The molecule has 0 amide bonds. The summed E-state index contributed by atoms with van der Waals surface area (Å²) in [6, 6.07) is 15.2. The molecular formula is C68H110. The van der Waals surface area contributed by atoms with Crippen molar-refractivity contribution in [3.05, 3.63) is 82.4 Å². The van der Waals surface area contributed by atoms with Crippen LogP contribution in [0.3, 0.4) is 0 Å². The summed E-state index contributed by atoms with van der Waals surface area (Å²) < 4.78 is 0. The number of hydrogen-bond donors (Lipinski definition) is 0. The zero-order valence-corrected chi connectivity index (χ0v) is 46.9. The smallest absolute Gasteiger partial charge is 0.0125 e. The number of aryl methyl sites for hydroxylation is 2. The van der Waals surface area contributed by atoms with Crippen LogP contribution in [-0.4, -0.2) is 0 Å². The van der Waals surface area contributed by atoms with Crippen LogP contribution in [0.4, 0.5) is 0 Å². The number of fused-ring (bicyclic) bond motifs is 12. The van der Waals surface area contributed by atoms with Gasteiger partial charge in [-0.25, -0.2) is 0 Å². The van der Waals surface area contributed by atoms with E-state index in [4.69, 9.17) is 0 Å². The Morgan fingerprint density at radius 3 is 1.93 bits per heavy atom. The molecule has 15 atom stereocenters. The second-order valence-electron chi connectivity index (χ2n) is 26.8. The molecule has 68 heavy (non-hydrogen) atoms. The highest BCUT2D eigenvalue weighted by atomic mass is 14.6. The van der Waals surface area contributed by atoms with E-state index >= 15 is 0 Å². The lowest BCUT2D eigenvalue weighted by Crippen LogP contribution is -2.45. The zero-order chi connectivity index (χ0) is 48.6. The Labute approximate surface area is 423 Å². The Bertz CT molecular complexity index is 1850. The van der Waals surface area contributed by atoms with Crippen LogP contribution < -0.4 is 0 Å². The van der Waals surface area contributed by atoms with E-state index in [-0.39, 0.29) is 0 Å². The van der Waals surface area contributed by atoms with Gasteiger partial charge in [0.25, 0.3) is 0 Å². The Kier molecular flexibility index (Phi) is 19.6. The molecule has 0 aromatic heterocycles. The van der Waals surface area contributed by atoms with Gasteiger partial charge in [0.15, 0.2) is 0 Å². The zero-order valence-electron chi connectivity index (χ0n) is 46.9. The first-order valence-electron chi connectivity index (χ1n) is 30.6. The van der Waals surface area contributed by atoms with Crippen LogP contribution in [0.2, 0.25) is 0 Å². The van der Waals surface area contributed by atoms with Gasteiger partial charge < -0.3 is 0 Å². The molecule has 3 bridgehead atoms. The van der Waals surface area contributed by atoms with E-state index in [1.54, 1.807) is 27.8 Å². The first kappa shape index (κ1) is 54.0. The summed E-state index contributed by atoms with van der Waals surface area (Å²) in [5.74, 6) is 12.6. The average Bonchev–Trinajstić information content (AvgIpc) is 3.83. The number of rotatable bonds is 13. The molecule has 9 rings (SSSR count). The highest BCUT2D eigenvalue weighted by Crippen LogP contribution is 2.66. The Morgan fingerprint density at radius 2 is 1.22 bits per heavy atom. The van der Waals surface area contributed by atoms with Crippen LogP contribution >= 0.6 is 0 Å². The number of benzene rings is 2. The van der Waals surface area contributed by atoms with Crippen molar-refractivity contribution < 1.29 is 0 Å². The van der Waals surface area contributed by atoms with Gasteiger partial charge in [0.1, 0.15) is 0 Å². The quantitative estimate of drug-likeness (QED) is 0.176. The first-order valence-corrected chi connectivity index (χ1v) is 30.6. The second kappa shape index (κ2) is 24.7. The largest absolute Gasteiger partial charge is 0.103 e. The van der Waals surface area contributed by atoms with Crippen LogP contribution in [0, 0.1) is 88.8 Å². The van der Waals surface area contributed by atoms with Crippen molar-refractivity contribution in [2.24, 2.45) is 81.8 Å². The third kappa shape index (κ3) is 12.3. The van der Waals surface area contributed by atoms with E-state index in [1.807, 2.05) is 13.8 Å². The topological polar surface area (TPSA) is 0 Å². The Morgan fingerprint density at radius 1 is 0.618 bits per heavy atom. The molecule has 7 aliphatic carbocycles. The summed E-state index contributed by atoms with van der Waals surface area (Å²) in [6.07, 6.45) is 41.1. The maximum absolute atomic E-state index is 4.27. The highest BCUT2D eigenvalue weighted by molar-refractivity contribution is 5.40. The molecule has 7 aliphatic rings. The summed E-state index contributed by atoms with van der Waals surface area (Å²) in [7, 11) is 0. The third-order valence-electron chi connectivity index (χ3n) is 21.9. The Hall–Kier alpha value is -1.82.